The molecule has 1 saturated heterocycles. The highest BCUT2D eigenvalue weighted by atomic mass is 16.5. The normalized spacial score (nSPS) is 18.0. The molecule has 1 amide bonds. The lowest BCUT2D eigenvalue weighted by Crippen LogP contribution is -2.30. The topological polar surface area (TPSA) is 63.6 Å². The maximum atomic E-state index is 12.9. The molecule has 23 heavy (non-hydrogen) atoms. The van der Waals surface area contributed by atoms with E-state index in [4.69, 9.17) is 4.52 Å². The van der Waals surface area contributed by atoms with Crippen molar-refractivity contribution in [3.63, 3.8) is 0 Å². The lowest BCUT2D eigenvalue weighted by Gasteiger charge is -2.21. The Hall–Kier alpha value is -2.63. The number of nitrogens with zero attached hydrogens (tertiary/aromatic N) is 4. The van der Waals surface area contributed by atoms with E-state index in [9.17, 15) is 4.79 Å². The van der Waals surface area contributed by atoms with Crippen LogP contribution in [0.2, 0.25) is 0 Å². The first-order chi connectivity index (χ1) is 11.1. The van der Waals surface area contributed by atoms with Crippen LogP contribution in [0, 0.1) is 13.8 Å². The van der Waals surface area contributed by atoms with Gasteiger partial charge in [0.25, 0.3) is 5.91 Å². The maximum Gasteiger partial charge on any atom is 0.274 e. The van der Waals surface area contributed by atoms with E-state index in [1.54, 1.807) is 6.20 Å². The van der Waals surface area contributed by atoms with Gasteiger partial charge in [-0.3, -0.25) is 4.79 Å². The number of aromatic nitrogens is 3. The third kappa shape index (κ3) is 2.40. The summed E-state index contributed by atoms with van der Waals surface area (Å²) < 4.78 is 7.26. The van der Waals surface area contributed by atoms with Gasteiger partial charge in [-0.2, -0.15) is 0 Å². The van der Waals surface area contributed by atoms with Gasteiger partial charge in [0.2, 0.25) is 0 Å². The van der Waals surface area contributed by atoms with Gasteiger partial charge in [0.1, 0.15) is 11.3 Å². The van der Waals surface area contributed by atoms with Crippen molar-refractivity contribution >= 4 is 11.6 Å². The molecule has 3 aromatic rings. The molecule has 0 N–H and O–H groups in total. The largest absolute Gasteiger partial charge is 0.359 e. The summed E-state index contributed by atoms with van der Waals surface area (Å²) in [4.78, 5) is 19.2. The van der Waals surface area contributed by atoms with E-state index in [2.05, 4.69) is 10.1 Å². The van der Waals surface area contributed by atoms with E-state index in [0.29, 0.717) is 5.69 Å². The van der Waals surface area contributed by atoms with Gasteiger partial charge in [-0.1, -0.05) is 11.2 Å². The number of carbonyl (C=O) groups excluding carboxylic acids is 1. The summed E-state index contributed by atoms with van der Waals surface area (Å²) in [5.74, 6) is 0.705. The van der Waals surface area contributed by atoms with Crippen molar-refractivity contribution in [2.24, 2.45) is 0 Å². The van der Waals surface area contributed by atoms with Gasteiger partial charge in [-0.05, 0) is 38.3 Å². The van der Waals surface area contributed by atoms with Gasteiger partial charge in [0.15, 0.2) is 5.76 Å². The van der Waals surface area contributed by atoms with Crippen LogP contribution in [0.1, 0.15) is 46.4 Å². The van der Waals surface area contributed by atoms with Gasteiger partial charge in [0.05, 0.1) is 11.7 Å². The maximum absolute atomic E-state index is 12.9. The minimum Gasteiger partial charge on any atom is -0.359 e. The van der Waals surface area contributed by atoms with E-state index in [1.807, 2.05) is 47.5 Å². The Morgan fingerprint density at radius 3 is 2.96 bits per heavy atom. The molecular formula is C17H18N4O2. The molecule has 0 bridgehead atoms. The number of likely N-dealkylation sites (tertiary alicyclic amines) is 1. The quantitative estimate of drug-likeness (QED) is 0.730. The first kappa shape index (κ1) is 14.0. The van der Waals surface area contributed by atoms with Crippen molar-refractivity contribution in [1.29, 1.82) is 0 Å². The zero-order valence-corrected chi connectivity index (χ0v) is 13.2. The molecule has 0 spiro atoms. The van der Waals surface area contributed by atoms with E-state index in [1.165, 1.54) is 0 Å². The van der Waals surface area contributed by atoms with Crippen LogP contribution in [-0.2, 0) is 0 Å². The van der Waals surface area contributed by atoms with Gasteiger partial charge in [-0.15, -0.1) is 0 Å². The number of carbonyl (C=O) groups is 1. The van der Waals surface area contributed by atoms with Gasteiger partial charge < -0.3 is 13.8 Å². The van der Waals surface area contributed by atoms with Crippen molar-refractivity contribution in [1.82, 2.24) is 19.4 Å². The lowest BCUT2D eigenvalue weighted by atomic mass is 10.1. The molecule has 1 fully saturated rings. The Kier molecular flexibility index (Phi) is 3.18. The average Bonchev–Trinajstić information content (AvgIpc) is 3.23. The van der Waals surface area contributed by atoms with E-state index in [0.717, 1.165) is 42.1 Å². The third-order valence-electron chi connectivity index (χ3n) is 4.31. The smallest absolute Gasteiger partial charge is 0.274 e. The third-order valence-corrected chi connectivity index (χ3v) is 4.31. The van der Waals surface area contributed by atoms with Crippen LogP contribution < -0.4 is 0 Å². The van der Waals surface area contributed by atoms with Crippen LogP contribution in [0.4, 0.5) is 0 Å². The fraction of sp³-hybridized carbons (Fsp3) is 0.353. The number of amides is 1. The molecule has 6 nitrogen and oxygen atoms in total. The molecule has 0 aliphatic carbocycles. The molecule has 4 heterocycles. The molecule has 0 saturated carbocycles. The molecule has 0 radical (unpaired) electrons. The Balaban J connectivity index is 1.66. The second-order valence-corrected chi connectivity index (χ2v) is 6.13. The minimum atomic E-state index is -0.0529. The molecule has 6 heteroatoms. The number of hydrogen-bond acceptors (Lipinski definition) is 4. The highest BCUT2D eigenvalue weighted by molar-refractivity contribution is 5.93. The predicted octanol–water partition coefficient (Wildman–Crippen LogP) is 2.92. The summed E-state index contributed by atoms with van der Waals surface area (Å²) in [5, 5.41) is 3.94. The zero-order chi connectivity index (χ0) is 16.0. The fourth-order valence-corrected chi connectivity index (χ4v) is 3.20. The highest BCUT2D eigenvalue weighted by Gasteiger charge is 2.34. The van der Waals surface area contributed by atoms with Gasteiger partial charge >= 0.3 is 0 Å². The summed E-state index contributed by atoms with van der Waals surface area (Å²) >= 11 is 0. The molecular weight excluding hydrogens is 292 g/mol. The summed E-state index contributed by atoms with van der Waals surface area (Å²) in [6.45, 7) is 4.62. The minimum absolute atomic E-state index is 0.0461. The molecule has 3 aromatic heterocycles. The van der Waals surface area contributed by atoms with Crippen LogP contribution in [0.3, 0.4) is 0 Å². The summed E-state index contributed by atoms with van der Waals surface area (Å²) in [6.07, 6.45) is 5.63. The molecule has 0 unspecified atom stereocenters. The number of fused-ring (bicyclic) bond motifs is 1. The van der Waals surface area contributed by atoms with Crippen molar-refractivity contribution in [2.75, 3.05) is 6.54 Å². The van der Waals surface area contributed by atoms with Crippen LogP contribution in [-0.4, -0.2) is 31.9 Å². The summed E-state index contributed by atoms with van der Waals surface area (Å²) in [7, 11) is 0. The van der Waals surface area contributed by atoms with Gasteiger partial charge in [-0.25, -0.2) is 4.98 Å². The molecule has 0 aromatic carbocycles. The average molecular weight is 310 g/mol. The van der Waals surface area contributed by atoms with Crippen molar-refractivity contribution in [3.05, 3.63) is 53.3 Å². The fourth-order valence-electron chi connectivity index (χ4n) is 3.20. The second-order valence-electron chi connectivity index (χ2n) is 6.13. The number of aryl methyl sites for hydroxylation is 2. The van der Waals surface area contributed by atoms with Crippen LogP contribution in [0.5, 0.6) is 0 Å². The van der Waals surface area contributed by atoms with Crippen molar-refractivity contribution in [2.45, 2.75) is 32.7 Å². The van der Waals surface area contributed by atoms with Crippen LogP contribution in [0.25, 0.3) is 5.65 Å². The number of hydrogen-bond donors (Lipinski definition) is 0. The zero-order valence-electron chi connectivity index (χ0n) is 13.2. The van der Waals surface area contributed by atoms with Crippen molar-refractivity contribution in [3.8, 4) is 0 Å². The number of imidazole rings is 1. The van der Waals surface area contributed by atoms with E-state index >= 15 is 0 Å². The molecule has 1 aliphatic heterocycles. The first-order valence-electron chi connectivity index (χ1n) is 7.81. The second kappa shape index (κ2) is 5.22. The standard InChI is InChI=1S/C17H18N4O2/c1-11-5-6-16-18-13(10-20(16)9-11)17(22)21-7-3-4-14(21)15-8-12(2)19-23-15/h5-6,8-10,14H,3-4,7H2,1-2H3/t14-/m1/s1. The summed E-state index contributed by atoms with van der Waals surface area (Å²) in [6, 6.07) is 5.78. The van der Waals surface area contributed by atoms with E-state index in [-0.39, 0.29) is 11.9 Å². The predicted molar refractivity (Wildman–Crippen MR) is 84.2 cm³/mol. The Morgan fingerprint density at radius 1 is 1.30 bits per heavy atom. The lowest BCUT2D eigenvalue weighted by molar-refractivity contribution is 0.0709. The van der Waals surface area contributed by atoms with Gasteiger partial charge in [0, 0.05) is 25.0 Å². The first-order valence-corrected chi connectivity index (χ1v) is 7.81. The SMILES string of the molecule is Cc1ccc2nc(C(=O)N3CCC[C@@H]3c3cc(C)no3)cn2c1. The molecule has 118 valence electrons. The number of rotatable bonds is 2. The molecule has 4 rings (SSSR count). The van der Waals surface area contributed by atoms with Crippen molar-refractivity contribution < 1.29 is 9.32 Å². The van der Waals surface area contributed by atoms with Crippen LogP contribution >= 0.6 is 0 Å². The highest BCUT2D eigenvalue weighted by Crippen LogP contribution is 2.33. The molecule has 1 aliphatic rings. The Bertz CT molecular complexity index is 880. The van der Waals surface area contributed by atoms with Crippen LogP contribution in [0.15, 0.2) is 35.1 Å². The Morgan fingerprint density at radius 2 is 2.17 bits per heavy atom. The monoisotopic (exact) mass is 310 g/mol. The summed E-state index contributed by atoms with van der Waals surface area (Å²) in [5.41, 5.74) is 3.22. The van der Waals surface area contributed by atoms with E-state index < -0.39 is 0 Å². The Labute approximate surface area is 133 Å². The molecule has 1 atom stereocenters. The number of pyridine rings is 1.